The Bertz CT molecular complexity index is 1350. The predicted octanol–water partition coefficient (Wildman–Crippen LogP) is 2.48. The van der Waals surface area contributed by atoms with Crippen LogP contribution in [0.2, 0.25) is 5.28 Å². The van der Waals surface area contributed by atoms with Crippen molar-refractivity contribution in [2.75, 3.05) is 7.11 Å². The first-order valence-electron chi connectivity index (χ1n) is 10.8. The highest BCUT2D eigenvalue weighted by molar-refractivity contribution is 6.28. The van der Waals surface area contributed by atoms with Gasteiger partial charge < -0.3 is 9.72 Å². The first kappa shape index (κ1) is 22.7. The van der Waals surface area contributed by atoms with E-state index in [0.717, 1.165) is 24.2 Å². The van der Waals surface area contributed by atoms with Crippen LogP contribution in [-0.2, 0) is 19.6 Å². The van der Waals surface area contributed by atoms with Crippen molar-refractivity contribution in [3.8, 4) is 17.1 Å². The van der Waals surface area contributed by atoms with Gasteiger partial charge in [0.1, 0.15) is 5.75 Å². The molecule has 12 heteroatoms. The van der Waals surface area contributed by atoms with E-state index in [2.05, 4.69) is 25.4 Å². The molecular formula is C21H25ClN8O3. The minimum Gasteiger partial charge on any atom is -0.497 e. The fraction of sp³-hybridized carbons (Fsp3) is 0.429. The molecule has 0 aliphatic carbocycles. The number of hydrogen-bond donors (Lipinski definition) is 1. The summed E-state index contributed by atoms with van der Waals surface area (Å²) >= 11 is 5.96. The highest BCUT2D eigenvalue weighted by Crippen LogP contribution is 2.18. The van der Waals surface area contributed by atoms with Crippen LogP contribution < -0.4 is 16.0 Å². The Labute approximate surface area is 194 Å². The summed E-state index contributed by atoms with van der Waals surface area (Å²) in [6.45, 7) is 3.30. The molecule has 0 aliphatic heterocycles. The van der Waals surface area contributed by atoms with Crippen molar-refractivity contribution in [1.29, 1.82) is 0 Å². The molecule has 174 valence electrons. The number of fused-ring (bicyclic) bond motifs is 1. The third kappa shape index (κ3) is 4.82. The number of aromatic amines is 1. The number of aromatic nitrogens is 8. The van der Waals surface area contributed by atoms with Gasteiger partial charge in [-0.15, -0.1) is 10.2 Å². The molecule has 0 saturated carbocycles. The molecule has 0 radical (unpaired) electrons. The number of ether oxygens (including phenoxy) is 1. The number of benzene rings is 1. The number of imidazole rings is 1. The van der Waals surface area contributed by atoms with E-state index in [9.17, 15) is 9.59 Å². The van der Waals surface area contributed by atoms with E-state index >= 15 is 0 Å². The number of aryl methyl sites for hydroxylation is 2. The van der Waals surface area contributed by atoms with Crippen LogP contribution in [0, 0.1) is 0 Å². The summed E-state index contributed by atoms with van der Waals surface area (Å²) in [6.07, 6.45) is 2.97. The Hall–Kier alpha value is -3.47. The van der Waals surface area contributed by atoms with Gasteiger partial charge in [-0.3, -0.25) is 13.9 Å². The molecule has 3 heterocycles. The lowest BCUT2D eigenvalue weighted by Crippen LogP contribution is -2.40. The fourth-order valence-electron chi connectivity index (χ4n) is 3.57. The first-order valence-corrected chi connectivity index (χ1v) is 11.2. The Morgan fingerprint density at radius 3 is 2.48 bits per heavy atom. The summed E-state index contributed by atoms with van der Waals surface area (Å²) in [7, 11) is 1.61. The molecule has 0 saturated heterocycles. The molecule has 1 aromatic carbocycles. The molecule has 0 amide bonds. The summed E-state index contributed by atoms with van der Waals surface area (Å²) in [5.41, 5.74) is 0.607. The standard InChI is InChI=1S/C21H25ClN8O3/c1-3-4-11-28-18-16(23-20(22)24-18)19(31)29(21(28)32)12-5-6-13-30-26-17(25-27-30)14-7-9-15(33-2)10-8-14/h7-10H,3-6,11-13H2,1-2H3,(H,23,24). The molecule has 0 spiro atoms. The van der Waals surface area contributed by atoms with Crippen LogP contribution in [0.15, 0.2) is 33.9 Å². The largest absolute Gasteiger partial charge is 0.497 e. The Morgan fingerprint density at radius 2 is 1.76 bits per heavy atom. The summed E-state index contributed by atoms with van der Waals surface area (Å²) in [5.74, 6) is 1.28. The Balaban J connectivity index is 1.43. The molecule has 33 heavy (non-hydrogen) atoms. The number of methoxy groups -OCH3 is 1. The maximum absolute atomic E-state index is 13.0. The smallest absolute Gasteiger partial charge is 0.332 e. The Morgan fingerprint density at radius 1 is 1.03 bits per heavy atom. The number of H-pyrrole nitrogens is 1. The van der Waals surface area contributed by atoms with Gasteiger partial charge in [0.05, 0.1) is 13.7 Å². The van der Waals surface area contributed by atoms with E-state index in [-0.39, 0.29) is 23.0 Å². The number of nitrogens with one attached hydrogen (secondary N) is 1. The van der Waals surface area contributed by atoms with Crippen molar-refractivity contribution in [3.05, 3.63) is 50.4 Å². The van der Waals surface area contributed by atoms with Crippen LogP contribution >= 0.6 is 11.6 Å². The minimum atomic E-state index is -0.414. The summed E-state index contributed by atoms with van der Waals surface area (Å²) < 4.78 is 7.92. The van der Waals surface area contributed by atoms with Crippen LogP contribution in [0.25, 0.3) is 22.6 Å². The number of tetrazole rings is 1. The normalized spacial score (nSPS) is 11.4. The van der Waals surface area contributed by atoms with Gasteiger partial charge in [0.2, 0.25) is 11.1 Å². The summed E-state index contributed by atoms with van der Waals surface area (Å²) in [5, 5.41) is 12.7. The van der Waals surface area contributed by atoms with E-state index in [0.29, 0.717) is 37.4 Å². The fourth-order valence-corrected chi connectivity index (χ4v) is 3.74. The van der Waals surface area contributed by atoms with Crippen molar-refractivity contribution in [1.82, 2.24) is 39.3 Å². The molecule has 4 aromatic rings. The van der Waals surface area contributed by atoms with Crippen molar-refractivity contribution in [2.45, 2.75) is 52.2 Å². The van der Waals surface area contributed by atoms with Crippen LogP contribution in [0.1, 0.15) is 32.6 Å². The summed E-state index contributed by atoms with van der Waals surface area (Å²) in [6, 6.07) is 7.41. The average molecular weight is 473 g/mol. The lowest BCUT2D eigenvalue weighted by atomic mass is 10.2. The van der Waals surface area contributed by atoms with Gasteiger partial charge in [0.15, 0.2) is 11.2 Å². The highest BCUT2D eigenvalue weighted by atomic mass is 35.5. The van der Waals surface area contributed by atoms with Crippen LogP contribution in [-0.4, -0.2) is 46.4 Å². The number of rotatable bonds is 10. The van der Waals surface area contributed by atoms with E-state index in [1.54, 1.807) is 7.11 Å². The second kappa shape index (κ2) is 9.99. The number of halogens is 1. The maximum atomic E-state index is 13.0. The zero-order chi connectivity index (χ0) is 23.4. The number of hydrogen-bond acceptors (Lipinski definition) is 7. The third-order valence-electron chi connectivity index (χ3n) is 5.36. The van der Waals surface area contributed by atoms with Gasteiger partial charge >= 0.3 is 5.69 Å². The van der Waals surface area contributed by atoms with Crippen LogP contribution in [0.3, 0.4) is 0 Å². The Kier molecular flexibility index (Phi) is 6.87. The number of nitrogens with zero attached hydrogens (tertiary/aromatic N) is 7. The highest BCUT2D eigenvalue weighted by Gasteiger charge is 2.16. The molecule has 0 atom stereocenters. The van der Waals surface area contributed by atoms with E-state index < -0.39 is 5.56 Å². The van der Waals surface area contributed by atoms with Crippen LogP contribution in [0.5, 0.6) is 5.75 Å². The summed E-state index contributed by atoms with van der Waals surface area (Å²) in [4.78, 5) is 34.2. The van der Waals surface area contributed by atoms with Crippen molar-refractivity contribution < 1.29 is 4.74 Å². The maximum Gasteiger partial charge on any atom is 0.332 e. The van der Waals surface area contributed by atoms with Gasteiger partial charge in [0, 0.05) is 18.7 Å². The van der Waals surface area contributed by atoms with Crippen molar-refractivity contribution in [3.63, 3.8) is 0 Å². The molecule has 1 N–H and O–H groups in total. The molecule has 0 aliphatic rings. The second-order valence-electron chi connectivity index (χ2n) is 7.62. The molecule has 0 unspecified atom stereocenters. The zero-order valence-electron chi connectivity index (χ0n) is 18.5. The molecule has 0 bridgehead atoms. The molecular weight excluding hydrogens is 448 g/mol. The molecule has 0 fully saturated rings. The lowest BCUT2D eigenvalue weighted by Gasteiger charge is -2.10. The van der Waals surface area contributed by atoms with Crippen molar-refractivity contribution in [2.24, 2.45) is 0 Å². The van der Waals surface area contributed by atoms with Crippen LogP contribution in [0.4, 0.5) is 0 Å². The zero-order valence-corrected chi connectivity index (χ0v) is 19.2. The molecule has 3 aromatic heterocycles. The minimum absolute atomic E-state index is 0.0921. The monoisotopic (exact) mass is 472 g/mol. The van der Waals surface area contributed by atoms with E-state index in [1.165, 1.54) is 13.9 Å². The predicted molar refractivity (Wildman–Crippen MR) is 124 cm³/mol. The molecule has 4 rings (SSSR count). The van der Waals surface area contributed by atoms with Gasteiger partial charge in [-0.25, -0.2) is 4.79 Å². The number of unbranched alkanes of at least 4 members (excludes halogenated alkanes) is 2. The van der Waals surface area contributed by atoms with Gasteiger partial charge in [-0.2, -0.15) is 9.78 Å². The lowest BCUT2D eigenvalue weighted by molar-refractivity contribution is 0.415. The van der Waals surface area contributed by atoms with E-state index in [1.807, 2.05) is 31.2 Å². The molecule has 11 nitrogen and oxygen atoms in total. The van der Waals surface area contributed by atoms with E-state index in [4.69, 9.17) is 16.3 Å². The van der Waals surface area contributed by atoms with Crippen molar-refractivity contribution >= 4 is 22.8 Å². The van der Waals surface area contributed by atoms with Gasteiger partial charge in [-0.1, -0.05) is 13.3 Å². The topological polar surface area (TPSA) is 126 Å². The van der Waals surface area contributed by atoms with Gasteiger partial charge in [0.25, 0.3) is 5.56 Å². The second-order valence-corrected chi connectivity index (χ2v) is 7.97. The SMILES string of the molecule is CCCCn1c(=O)n(CCCCn2nnc(-c3ccc(OC)cc3)n2)c(=O)c2[nH]c(Cl)nc21. The average Bonchev–Trinajstić information content (AvgIpc) is 3.45. The quantitative estimate of drug-likeness (QED) is 0.277. The first-order chi connectivity index (χ1) is 16.0. The van der Waals surface area contributed by atoms with Gasteiger partial charge in [-0.05, 0) is 60.3 Å². The third-order valence-corrected chi connectivity index (χ3v) is 5.54.